The van der Waals surface area contributed by atoms with Crippen molar-refractivity contribution in [1.29, 1.82) is 0 Å². The van der Waals surface area contributed by atoms with Crippen LogP contribution in [0.3, 0.4) is 0 Å². The highest BCUT2D eigenvalue weighted by Crippen LogP contribution is 2.14. The molecular formula is C11H14O3. The monoisotopic (exact) mass is 194 g/mol. The zero-order valence-corrected chi connectivity index (χ0v) is 8.45. The maximum atomic E-state index is 11.4. The van der Waals surface area contributed by atoms with Crippen LogP contribution in [-0.2, 0) is 9.53 Å². The SMILES string of the molecule is C=C(C(=O)OCC(C)C)c1ccco1. The first-order valence-corrected chi connectivity index (χ1v) is 4.51. The van der Waals surface area contributed by atoms with Crippen LogP contribution in [0.15, 0.2) is 29.4 Å². The van der Waals surface area contributed by atoms with Gasteiger partial charge in [0.25, 0.3) is 0 Å². The van der Waals surface area contributed by atoms with Gasteiger partial charge in [0.2, 0.25) is 0 Å². The fourth-order valence-electron chi connectivity index (χ4n) is 0.880. The molecule has 1 rings (SSSR count). The molecule has 0 aromatic carbocycles. The Hall–Kier alpha value is -1.51. The van der Waals surface area contributed by atoms with E-state index >= 15 is 0 Å². The minimum atomic E-state index is -0.423. The first-order valence-electron chi connectivity index (χ1n) is 4.51. The van der Waals surface area contributed by atoms with Crippen molar-refractivity contribution in [1.82, 2.24) is 0 Å². The van der Waals surface area contributed by atoms with Gasteiger partial charge in [-0.25, -0.2) is 4.79 Å². The molecule has 0 spiro atoms. The second-order valence-electron chi connectivity index (χ2n) is 3.45. The first kappa shape index (κ1) is 10.6. The number of carbonyl (C=O) groups is 1. The van der Waals surface area contributed by atoms with Crippen molar-refractivity contribution < 1.29 is 13.9 Å². The van der Waals surface area contributed by atoms with Crippen LogP contribution in [0.2, 0.25) is 0 Å². The van der Waals surface area contributed by atoms with Gasteiger partial charge in [-0.1, -0.05) is 20.4 Å². The van der Waals surface area contributed by atoms with Crippen molar-refractivity contribution in [3.63, 3.8) is 0 Å². The van der Waals surface area contributed by atoms with Crippen LogP contribution < -0.4 is 0 Å². The second-order valence-corrected chi connectivity index (χ2v) is 3.45. The van der Waals surface area contributed by atoms with Crippen LogP contribution in [0, 0.1) is 5.92 Å². The minimum absolute atomic E-state index is 0.260. The van der Waals surface area contributed by atoms with E-state index in [1.165, 1.54) is 6.26 Å². The molecule has 0 N–H and O–H groups in total. The van der Waals surface area contributed by atoms with E-state index in [0.29, 0.717) is 18.3 Å². The summed E-state index contributed by atoms with van der Waals surface area (Å²) in [4.78, 5) is 11.4. The predicted molar refractivity (Wildman–Crippen MR) is 53.5 cm³/mol. The number of esters is 1. The Labute approximate surface area is 83.4 Å². The summed E-state index contributed by atoms with van der Waals surface area (Å²) in [6, 6.07) is 3.38. The summed E-state index contributed by atoms with van der Waals surface area (Å²) >= 11 is 0. The van der Waals surface area contributed by atoms with Crippen molar-refractivity contribution in [2.75, 3.05) is 6.61 Å². The number of hydrogen-bond acceptors (Lipinski definition) is 3. The van der Waals surface area contributed by atoms with Crippen LogP contribution in [0.5, 0.6) is 0 Å². The standard InChI is InChI=1S/C11H14O3/c1-8(2)7-14-11(12)9(3)10-5-4-6-13-10/h4-6,8H,3,7H2,1-2H3. The van der Waals surface area contributed by atoms with Crippen molar-refractivity contribution in [2.24, 2.45) is 5.92 Å². The van der Waals surface area contributed by atoms with Gasteiger partial charge in [0.05, 0.1) is 18.4 Å². The fourth-order valence-corrected chi connectivity index (χ4v) is 0.880. The molecule has 0 saturated carbocycles. The Morgan fingerprint density at radius 2 is 2.36 bits per heavy atom. The second kappa shape index (κ2) is 4.65. The van der Waals surface area contributed by atoms with Crippen LogP contribution in [-0.4, -0.2) is 12.6 Å². The van der Waals surface area contributed by atoms with Gasteiger partial charge in [-0.2, -0.15) is 0 Å². The van der Waals surface area contributed by atoms with Crippen LogP contribution in [0.1, 0.15) is 19.6 Å². The van der Waals surface area contributed by atoms with Crippen molar-refractivity contribution in [3.8, 4) is 0 Å². The maximum absolute atomic E-state index is 11.4. The Morgan fingerprint density at radius 3 is 2.86 bits per heavy atom. The number of ether oxygens (including phenoxy) is 1. The van der Waals surface area contributed by atoms with E-state index in [9.17, 15) is 4.79 Å². The number of carbonyl (C=O) groups excluding carboxylic acids is 1. The quantitative estimate of drug-likeness (QED) is 0.546. The molecule has 0 aliphatic heterocycles. The van der Waals surface area contributed by atoms with E-state index in [4.69, 9.17) is 9.15 Å². The van der Waals surface area contributed by atoms with Gasteiger partial charge in [0.1, 0.15) is 5.76 Å². The molecule has 1 aromatic rings. The van der Waals surface area contributed by atoms with Crippen LogP contribution in [0.4, 0.5) is 0 Å². The van der Waals surface area contributed by atoms with Gasteiger partial charge < -0.3 is 9.15 Å². The molecule has 0 bridgehead atoms. The Kier molecular flexibility index (Phi) is 3.51. The van der Waals surface area contributed by atoms with Crippen molar-refractivity contribution in [3.05, 3.63) is 30.7 Å². The molecule has 3 nitrogen and oxygen atoms in total. The summed E-state index contributed by atoms with van der Waals surface area (Å²) in [5.74, 6) is 0.357. The number of hydrogen-bond donors (Lipinski definition) is 0. The summed E-state index contributed by atoms with van der Waals surface area (Å²) < 4.78 is 10.0. The molecule has 0 radical (unpaired) electrons. The largest absolute Gasteiger partial charge is 0.464 e. The lowest BCUT2D eigenvalue weighted by atomic mass is 10.2. The topological polar surface area (TPSA) is 39.4 Å². The average molecular weight is 194 g/mol. The number of rotatable bonds is 4. The van der Waals surface area contributed by atoms with Gasteiger partial charge >= 0.3 is 5.97 Å². The van der Waals surface area contributed by atoms with Gasteiger partial charge in [0.15, 0.2) is 0 Å². The van der Waals surface area contributed by atoms with E-state index in [1.54, 1.807) is 12.1 Å². The molecule has 0 amide bonds. The molecule has 0 aliphatic carbocycles. The Morgan fingerprint density at radius 1 is 1.64 bits per heavy atom. The molecule has 14 heavy (non-hydrogen) atoms. The molecule has 3 heteroatoms. The highest BCUT2D eigenvalue weighted by atomic mass is 16.5. The smallest absolute Gasteiger partial charge is 0.341 e. The lowest BCUT2D eigenvalue weighted by Crippen LogP contribution is -2.10. The lowest BCUT2D eigenvalue weighted by Gasteiger charge is -2.07. The first-order chi connectivity index (χ1) is 6.61. The normalized spacial score (nSPS) is 10.2. The average Bonchev–Trinajstić information content (AvgIpc) is 2.65. The van der Waals surface area contributed by atoms with E-state index in [1.807, 2.05) is 13.8 Å². The lowest BCUT2D eigenvalue weighted by molar-refractivity contribution is -0.137. The molecule has 0 atom stereocenters. The predicted octanol–water partition coefficient (Wildman–Crippen LogP) is 2.49. The van der Waals surface area contributed by atoms with E-state index < -0.39 is 5.97 Å². The fraction of sp³-hybridized carbons (Fsp3) is 0.364. The Balaban J connectivity index is 2.50. The Bertz CT molecular complexity index is 309. The highest BCUT2D eigenvalue weighted by molar-refractivity contribution is 6.14. The third-order valence-corrected chi connectivity index (χ3v) is 1.61. The minimum Gasteiger partial charge on any atom is -0.464 e. The molecule has 0 saturated heterocycles. The summed E-state index contributed by atoms with van der Waals surface area (Å²) in [5.41, 5.74) is 0.260. The molecule has 0 fully saturated rings. The van der Waals surface area contributed by atoms with Gasteiger partial charge in [-0.05, 0) is 18.1 Å². The molecule has 0 aliphatic rings. The third-order valence-electron chi connectivity index (χ3n) is 1.61. The highest BCUT2D eigenvalue weighted by Gasteiger charge is 2.13. The summed E-state index contributed by atoms with van der Waals surface area (Å²) in [5, 5.41) is 0. The van der Waals surface area contributed by atoms with Crippen molar-refractivity contribution in [2.45, 2.75) is 13.8 Å². The maximum Gasteiger partial charge on any atom is 0.341 e. The molecule has 1 aromatic heterocycles. The third kappa shape index (κ3) is 2.76. The van der Waals surface area contributed by atoms with E-state index in [-0.39, 0.29) is 5.57 Å². The summed E-state index contributed by atoms with van der Waals surface area (Å²) in [6.07, 6.45) is 1.50. The van der Waals surface area contributed by atoms with Crippen LogP contribution in [0.25, 0.3) is 5.57 Å². The van der Waals surface area contributed by atoms with Gasteiger partial charge in [-0.15, -0.1) is 0 Å². The molecular weight excluding hydrogens is 180 g/mol. The zero-order valence-electron chi connectivity index (χ0n) is 8.45. The molecule has 1 heterocycles. The van der Waals surface area contributed by atoms with Crippen LogP contribution >= 0.6 is 0 Å². The van der Waals surface area contributed by atoms with Gasteiger partial charge in [0, 0.05) is 0 Å². The summed E-state index contributed by atoms with van der Waals surface area (Å²) in [7, 11) is 0. The molecule has 0 unspecified atom stereocenters. The number of furan rings is 1. The molecule has 76 valence electrons. The van der Waals surface area contributed by atoms with E-state index in [2.05, 4.69) is 6.58 Å². The zero-order chi connectivity index (χ0) is 10.6. The summed E-state index contributed by atoms with van der Waals surface area (Å²) in [6.45, 7) is 7.96. The van der Waals surface area contributed by atoms with Gasteiger partial charge in [-0.3, -0.25) is 0 Å². The van der Waals surface area contributed by atoms with Crippen molar-refractivity contribution >= 4 is 11.5 Å². The van der Waals surface area contributed by atoms with E-state index in [0.717, 1.165) is 0 Å².